The predicted molar refractivity (Wildman–Crippen MR) is 63.3 cm³/mol. The number of anilines is 2. The Morgan fingerprint density at radius 3 is 2.56 bits per heavy atom. The van der Waals surface area contributed by atoms with Gasteiger partial charge in [-0.15, -0.1) is 0 Å². The monoisotopic (exact) mass is 260 g/mol. The van der Waals surface area contributed by atoms with E-state index in [9.17, 15) is 13.2 Å². The molecular weight excluding hydrogens is 245 g/mol. The van der Waals surface area contributed by atoms with Crippen LogP contribution in [-0.2, 0) is 10.9 Å². The molecule has 3 N–H and O–H groups in total. The van der Waals surface area contributed by atoms with E-state index in [2.05, 4.69) is 5.32 Å². The van der Waals surface area contributed by atoms with Crippen LogP contribution >= 0.6 is 0 Å². The van der Waals surface area contributed by atoms with Crippen molar-refractivity contribution >= 4 is 11.4 Å². The van der Waals surface area contributed by atoms with E-state index >= 15 is 0 Å². The summed E-state index contributed by atoms with van der Waals surface area (Å²) in [7, 11) is 1.60. The van der Waals surface area contributed by atoms with Crippen LogP contribution in [0.3, 0.4) is 0 Å². The van der Waals surface area contributed by atoms with E-state index in [-0.39, 0.29) is 23.5 Å². The van der Waals surface area contributed by atoms with E-state index in [1.165, 1.54) is 12.1 Å². The fraction of sp³-hybridized carbons (Fsp3) is 0.500. The topological polar surface area (TPSA) is 47.3 Å². The zero-order valence-electron chi connectivity index (χ0n) is 9.92. The Hall–Kier alpha value is -1.43. The molecule has 18 heavy (non-hydrogen) atoms. The molecule has 2 rings (SSSR count). The molecule has 0 heterocycles. The van der Waals surface area contributed by atoms with E-state index in [0.717, 1.165) is 18.9 Å². The summed E-state index contributed by atoms with van der Waals surface area (Å²) in [6, 6.07) is 3.82. The van der Waals surface area contributed by atoms with Crippen molar-refractivity contribution in [1.82, 2.24) is 0 Å². The first-order valence-corrected chi connectivity index (χ1v) is 5.66. The Labute approximate surface area is 103 Å². The highest BCUT2D eigenvalue weighted by atomic mass is 19.4. The molecule has 1 aromatic carbocycles. The van der Waals surface area contributed by atoms with Crippen molar-refractivity contribution in [3.8, 4) is 0 Å². The van der Waals surface area contributed by atoms with Gasteiger partial charge in [0.05, 0.1) is 11.7 Å². The molecule has 0 saturated heterocycles. The van der Waals surface area contributed by atoms with Crippen LogP contribution in [-0.4, -0.2) is 19.3 Å². The molecule has 0 unspecified atom stereocenters. The van der Waals surface area contributed by atoms with Crippen molar-refractivity contribution in [3.05, 3.63) is 23.8 Å². The average molecular weight is 260 g/mol. The van der Waals surface area contributed by atoms with Gasteiger partial charge in [-0.25, -0.2) is 0 Å². The smallest absolute Gasteiger partial charge is 0.399 e. The first-order valence-electron chi connectivity index (χ1n) is 5.66. The summed E-state index contributed by atoms with van der Waals surface area (Å²) in [6.45, 7) is 0. The number of alkyl halides is 3. The number of benzene rings is 1. The largest absolute Gasteiger partial charge is 0.418 e. The molecule has 0 atom stereocenters. The van der Waals surface area contributed by atoms with E-state index in [0.29, 0.717) is 0 Å². The van der Waals surface area contributed by atoms with Crippen LogP contribution in [0.15, 0.2) is 18.2 Å². The second-order valence-electron chi connectivity index (χ2n) is 4.47. The number of nitrogens with two attached hydrogens (primary N) is 1. The lowest BCUT2D eigenvalue weighted by Crippen LogP contribution is -2.40. The number of methoxy groups -OCH3 is 1. The summed E-state index contributed by atoms with van der Waals surface area (Å²) >= 11 is 0. The fourth-order valence-corrected chi connectivity index (χ4v) is 2.02. The Morgan fingerprint density at radius 2 is 2.00 bits per heavy atom. The maximum Gasteiger partial charge on any atom is 0.418 e. The van der Waals surface area contributed by atoms with Crippen molar-refractivity contribution in [2.24, 2.45) is 0 Å². The molecule has 0 radical (unpaired) electrons. The molecule has 0 amide bonds. The maximum atomic E-state index is 12.8. The van der Waals surface area contributed by atoms with Crippen LogP contribution in [0.5, 0.6) is 0 Å². The molecular formula is C12H15F3N2O. The zero-order valence-corrected chi connectivity index (χ0v) is 9.92. The van der Waals surface area contributed by atoms with Gasteiger partial charge in [-0.1, -0.05) is 0 Å². The van der Waals surface area contributed by atoms with E-state index in [4.69, 9.17) is 10.5 Å². The van der Waals surface area contributed by atoms with E-state index < -0.39 is 11.7 Å². The SMILES string of the molecule is COC1CC(Nc2ccc(N)cc2C(F)(F)F)C1. The van der Waals surface area contributed by atoms with Gasteiger partial charge in [-0.05, 0) is 31.0 Å². The number of ether oxygens (including phenoxy) is 1. The molecule has 0 aliphatic heterocycles. The normalized spacial score (nSPS) is 23.6. The number of rotatable bonds is 3. The number of hydrogen-bond acceptors (Lipinski definition) is 3. The fourth-order valence-electron chi connectivity index (χ4n) is 2.02. The van der Waals surface area contributed by atoms with Crippen molar-refractivity contribution in [2.45, 2.75) is 31.2 Å². The number of halogens is 3. The van der Waals surface area contributed by atoms with Gasteiger partial charge in [0, 0.05) is 24.5 Å². The lowest BCUT2D eigenvalue weighted by atomic mass is 9.89. The third-order valence-electron chi connectivity index (χ3n) is 3.14. The van der Waals surface area contributed by atoms with Gasteiger partial charge >= 0.3 is 6.18 Å². The summed E-state index contributed by atoms with van der Waals surface area (Å²) < 4.78 is 43.6. The third kappa shape index (κ3) is 2.69. The van der Waals surface area contributed by atoms with Gasteiger partial charge in [-0.3, -0.25) is 0 Å². The molecule has 1 aliphatic carbocycles. The lowest BCUT2D eigenvalue weighted by Gasteiger charge is -2.35. The van der Waals surface area contributed by atoms with Gasteiger partial charge in [0.15, 0.2) is 0 Å². The van der Waals surface area contributed by atoms with Crippen molar-refractivity contribution in [1.29, 1.82) is 0 Å². The Morgan fingerprint density at radius 1 is 1.33 bits per heavy atom. The Bertz CT molecular complexity index is 428. The third-order valence-corrected chi connectivity index (χ3v) is 3.14. The van der Waals surface area contributed by atoms with Crippen molar-refractivity contribution in [2.75, 3.05) is 18.2 Å². The number of nitrogen functional groups attached to an aromatic ring is 1. The first-order chi connectivity index (χ1) is 8.40. The van der Waals surface area contributed by atoms with Crippen molar-refractivity contribution in [3.63, 3.8) is 0 Å². The molecule has 6 heteroatoms. The second kappa shape index (κ2) is 4.68. The zero-order chi connectivity index (χ0) is 13.3. The van der Waals surface area contributed by atoms with Crippen LogP contribution < -0.4 is 11.1 Å². The highest BCUT2D eigenvalue weighted by molar-refractivity contribution is 5.59. The first kappa shape index (κ1) is 13.0. The summed E-state index contributed by atoms with van der Waals surface area (Å²) in [5, 5.41) is 2.89. The predicted octanol–water partition coefficient (Wildman–Crippen LogP) is 2.88. The number of nitrogens with one attached hydrogen (secondary N) is 1. The lowest BCUT2D eigenvalue weighted by molar-refractivity contribution is -0.137. The van der Waals surface area contributed by atoms with Gasteiger partial charge in [0.2, 0.25) is 0 Å². The molecule has 0 aromatic heterocycles. The molecule has 3 nitrogen and oxygen atoms in total. The van der Waals surface area contributed by atoms with Crippen LogP contribution in [0.25, 0.3) is 0 Å². The summed E-state index contributed by atoms with van der Waals surface area (Å²) in [5.41, 5.74) is 4.87. The van der Waals surface area contributed by atoms with Crippen LogP contribution in [0.1, 0.15) is 18.4 Å². The molecule has 1 aromatic rings. The van der Waals surface area contributed by atoms with Crippen LogP contribution in [0, 0.1) is 0 Å². The van der Waals surface area contributed by atoms with Crippen molar-refractivity contribution < 1.29 is 17.9 Å². The standard InChI is InChI=1S/C12H15F3N2O/c1-18-9-5-8(6-9)17-11-3-2-7(16)4-10(11)12(13,14)15/h2-4,8-9,17H,5-6,16H2,1H3. The van der Waals surface area contributed by atoms with Crippen LogP contribution in [0.4, 0.5) is 24.5 Å². The minimum absolute atomic E-state index is 0.0275. The summed E-state index contributed by atoms with van der Waals surface area (Å²) in [4.78, 5) is 0. The van der Waals surface area contributed by atoms with Gasteiger partial charge in [0.25, 0.3) is 0 Å². The molecule has 0 spiro atoms. The maximum absolute atomic E-state index is 12.8. The van der Waals surface area contributed by atoms with Gasteiger partial charge < -0.3 is 15.8 Å². The average Bonchev–Trinajstić information content (AvgIpc) is 2.23. The van der Waals surface area contributed by atoms with E-state index in [1.807, 2.05) is 0 Å². The highest BCUT2D eigenvalue weighted by Gasteiger charge is 2.36. The molecule has 0 bridgehead atoms. The Kier molecular flexibility index (Phi) is 3.38. The molecule has 100 valence electrons. The minimum atomic E-state index is -4.40. The second-order valence-corrected chi connectivity index (χ2v) is 4.47. The molecule has 1 saturated carbocycles. The van der Waals surface area contributed by atoms with Gasteiger partial charge in [-0.2, -0.15) is 13.2 Å². The summed E-state index contributed by atoms with van der Waals surface area (Å²) in [5.74, 6) is 0. The summed E-state index contributed by atoms with van der Waals surface area (Å²) in [6.07, 6.45) is -2.82. The highest BCUT2D eigenvalue weighted by Crippen LogP contribution is 2.37. The van der Waals surface area contributed by atoms with E-state index in [1.54, 1.807) is 7.11 Å². The molecule has 1 fully saturated rings. The number of hydrogen-bond donors (Lipinski definition) is 2. The Balaban J connectivity index is 2.13. The molecule has 1 aliphatic rings. The van der Waals surface area contributed by atoms with Gasteiger partial charge in [0.1, 0.15) is 0 Å². The minimum Gasteiger partial charge on any atom is -0.399 e. The van der Waals surface area contributed by atoms with Crippen LogP contribution in [0.2, 0.25) is 0 Å². The quantitative estimate of drug-likeness (QED) is 0.821.